The van der Waals surface area contributed by atoms with Crippen LogP contribution in [0.3, 0.4) is 0 Å². The average molecular weight is 344 g/mol. The molecular weight excluding hydrogens is 324 g/mol. The van der Waals surface area contributed by atoms with Crippen LogP contribution in [0.5, 0.6) is 0 Å². The van der Waals surface area contributed by atoms with E-state index in [2.05, 4.69) is 0 Å². The van der Waals surface area contributed by atoms with Crippen LogP contribution >= 0.6 is 0 Å². The van der Waals surface area contributed by atoms with Crippen LogP contribution in [0.15, 0.2) is 54.6 Å². The molecule has 5 heteroatoms. The van der Waals surface area contributed by atoms with Crippen molar-refractivity contribution in [1.29, 1.82) is 0 Å². The van der Waals surface area contributed by atoms with Crippen molar-refractivity contribution in [2.75, 3.05) is 5.75 Å². The van der Waals surface area contributed by atoms with Gasteiger partial charge in [0.15, 0.2) is 9.84 Å². The lowest BCUT2D eigenvalue weighted by Crippen LogP contribution is -2.42. The first-order valence-electron chi connectivity index (χ1n) is 8.05. The smallest absolute Gasteiger partial charge is 0.305 e. The fraction of sp³-hybridized carbons (Fsp3) is 0.316. The van der Waals surface area contributed by atoms with Gasteiger partial charge in [-0.3, -0.25) is 4.79 Å². The number of benzene rings is 2. The second-order valence-electron chi connectivity index (χ2n) is 6.28. The number of carboxylic acids is 1. The lowest BCUT2D eigenvalue weighted by Gasteiger charge is -2.36. The summed E-state index contributed by atoms with van der Waals surface area (Å²) >= 11 is 0. The Labute approximate surface area is 142 Å². The average Bonchev–Trinajstić information content (AvgIpc) is 2.57. The number of hydrogen-bond donors (Lipinski definition) is 1. The van der Waals surface area contributed by atoms with E-state index in [-0.39, 0.29) is 12.2 Å². The van der Waals surface area contributed by atoms with Gasteiger partial charge in [0, 0.05) is 0 Å². The number of aliphatic carboxylic acids is 1. The Bertz CT molecular complexity index is 825. The Kier molecular flexibility index (Phi) is 4.45. The Morgan fingerprint density at radius 1 is 0.958 bits per heavy atom. The summed E-state index contributed by atoms with van der Waals surface area (Å²) < 4.78 is 24.2. The molecule has 1 N–H and O–H groups in total. The van der Waals surface area contributed by atoms with Crippen molar-refractivity contribution in [3.8, 4) is 11.1 Å². The van der Waals surface area contributed by atoms with Gasteiger partial charge in [-0.25, -0.2) is 8.42 Å². The minimum Gasteiger partial charge on any atom is -0.481 e. The van der Waals surface area contributed by atoms with Gasteiger partial charge in [0.25, 0.3) is 0 Å². The van der Waals surface area contributed by atoms with Crippen molar-refractivity contribution in [2.45, 2.75) is 30.4 Å². The lowest BCUT2D eigenvalue weighted by atomic mass is 9.88. The molecule has 1 aliphatic rings. The third-order valence-corrected chi connectivity index (χ3v) is 7.39. The predicted octanol–water partition coefficient (Wildman–Crippen LogP) is 3.62. The molecule has 1 atom stereocenters. The number of carboxylic acid groups (broad SMARTS) is 1. The van der Waals surface area contributed by atoms with Gasteiger partial charge < -0.3 is 5.11 Å². The largest absolute Gasteiger partial charge is 0.481 e. The molecule has 4 nitrogen and oxygen atoms in total. The Morgan fingerprint density at radius 2 is 1.58 bits per heavy atom. The lowest BCUT2D eigenvalue weighted by molar-refractivity contribution is -0.137. The molecule has 1 aliphatic heterocycles. The number of carbonyl (C=O) groups is 1. The highest BCUT2D eigenvalue weighted by molar-refractivity contribution is 7.92. The molecule has 24 heavy (non-hydrogen) atoms. The summed E-state index contributed by atoms with van der Waals surface area (Å²) in [7, 11) is -3.49. The molecule has 2 aromatic rings. The first kappa shape index (κ1) is 16.7. The van der Waals surface area contributed by atoms with E-state index in [0.717, 1.165) is 17.5 Å². The zero-order chi connectivity index (χ0) is 17.2. The van der Waals surface area contributed by atoms with E-state index in [1.54, 1.807) is 12.1 Å². The molecule has 1 heterocycles. The fourth-order valence-electron chi connectivity index (χ4n) is 3.52. The van der Waals surface area contributed by atoms with Crippen LogP contribution in [0.4, 0.5) is 0 Å². The minimum absolute atomic E-state index is 0.0563. The first-order valence-corrected chi connectivity index (χ1v) is 9.70. The van der Waals surface area contributed by atoms with E-state index >= 15 is 0 Å². The van der Waals surface area contributed by atoms with Crippen molar-refractivity contribution in [2.24, 2.45) is 0 Å². The summed E-state index contributed by atoms with van der Waals surface area (Å²) in [6, 6.07) is 17.1. The van der Waals surface area contributed by atoms with E-state index < -0.39 is 20.6 Å². The number of rotatable bonds is 4. The normalized spacial score (nSPS) is 22.8. The summed E-state index contributed by atoms with van der Waals surface area (Å²) in [6.45, 7) is 0. The zero-order valence-corrected chi connectivity index (χ0v) is 14.1. The van der Waals surface area contributed by atoms with E-state index in [9.17, 15) is 18.3 Å². The second-order valence-corrected chi connectivity index (χ2v) is 8.70. The standard InChI is InChI=1S/C19H20O4S/c20-18(21)14-19(12-4-5-13-24(19,22)23)17-10-8-16(9-11-17)15-6-2-1-3-7-15/h1-3,6-11H,4-5,12-14H2,(H,20,21). The first-order chi connectivity index (χ1) is 11.4. The summed E-state index contributed by atoms with van der Waals surface area (Å²) in [4.78, 5) is 11.4. The van der Waals surface area contributed by atoms with E-state index in [1.807, 2.05) is 42.5 Å². The van der Waals surface area contributed by atoms with Gasteiger partial charge in [-0.1, -0.05) is 61.0 Å². The molecule has 0 spiro atoms. The van der Waals surface area contributed by atoms with Gasteiger partial charge >= 0.3 is 5.97 Å². The van der Waals surface area contributed by atoms with Crippen LogP contribution in [0.1, 0.15) is 31.2 Å². The molecule has 0 aromatic heterocycles. The highest BCUT2D eigenvalue weighted by atomic mass is 32.2. The van der Waals surface area contributed by atoms with Crippen molar-refractivity contribution >= 4 is 15.8 Å². The molecule has 126 valence electrons. The maximum atomic E-state index is 12.7. The van der Waals surface area contributed by atoms with E-state index in [0.29, 0.717) is 18.4 Å². The Morgan fingerprint density at radius 3 is 2.17 bits per heavy atom. The molecule has 0 saturated carbocycles. The third-order valence-electron chi connectivity index (χ3n) is 4.79. The minimum atomic E-state index is -3.49. The molecule has 1 fully saturated rings. The number of hydrogen-bond acceptors (Lipinski definition) is 3. The number of sulfone groups is 1. The molecular formula is C19H20O4S. The van der Waals surface area contributed by atoms with Crippen LogP contribution in [-0.2, 0) is 19.4 Å². The topological polar surface area (TPSA) is 71.4 Å². The summed E-state index contributed by atoms with van der Waals surface area (Å²) in [5.41, 5.74) is 2.62. The van der Waals surface area contributed by atoms with Gasteiger partial charge in [-0.05, 0) is 29.5 Å². The van der Waals surface area contributed by atoms with Crippen molar-refractivity contribution < 1.29 is 18.3 Å². The molecule has 1 unspecified atom stereocenters. The van der Waals surface area contributed by atoms with Crippen LogP contribution < -0.4 is 0 Å². The predicted molar refractivity (Wildman–Crippen MR) is 93.4 cm³/mol. The van der Waals surface area contributed by atoms with Gasteiger partial charge in [0.2, 0.25) is 0 Å². The van der Waals surface area contributed by atoms with Gasteiger partial charge in [-0.15, -0.1) is 0 Å². The van der Waals surface area contributed by atoms with E-state index in [1.165, 1.54) is 0 Å². The highest BCUT2D eigenvalue weighted by Gasteiger charge is 2.48. The monoisotopic (exact) mass is 344 g/mol. The maximum Gasteiger partial charge on any atom is 0.305 e. The van der Waals surface area contributed by atoms with E-state index in [4.69, 9.17) is 0 Å². The third kappa shape index (κ3) is 2.96. The van der Waals surface area contributed by atoms with Gasteiger partial charge in [-0.2, -0.15) is 0 Å². The van der Waals surface area contributed by atoms with Crippen LogP contribution in [0.2, 0.25) is 0 Å². The van der Waals surface area contributed by atoms with Crippen LogP contribution in [-0.4, -0.2) is 25.2 Å². The maximum absolute atomic E-state index is 12.7. The van der Waals surface area contributed by atoms with Crippen LogP contribution in [0, 0.1) is 0 Å². The van der Waals surface area contributed by atoms with Crippen molar-refractivity contribution in [1.82, 2.24) is 0 Å². The van der Waals surface area contributed by atoms with Crippen molar-refractivity contribution in [3.05, 3.63) is 60.2 Å². The second kappa shape index (κ2) is 6.40. The molecule has 0 bridgehead atoms. The fourth-order valence-corrected chi connectivity index (χ4v) is 5.79. The quantitative estimate of drug-likeness (QED) is 0.919. The summed E-state index contributed by atoms with van der Waals surface area (Å²) in [6.07, 6.45) is 1.32. The molecule has 3 rings (SSSR count). The summed E-state index contributed by atoms with van der Waals surface area (Å²) in [5.74, 6) is -1.02. The molecule has 0 aliphatic carbocycles. The van der Waals surface area contributed by atoms with Crippen molar-refractivity contribution in [3.63, 3.8) is 0 Å². The zero-order valence-electron chi connectivity index (χ0n) is 13.3. The molecule has 1 saturated heterocycles. The highest BCUT2D eigenvalue weighted by Crippen LogP contribution is 2.43. The van der Waals surface area contributed by atoms with Gasteiger partial charge in [0.05, 0.1) is 12.2 Å². The molecule has 0 radical (unpaired) electrons. The molecule has 2 aromatic carbocycles. The SMILES string of the molecule is O=C(O)CC1(c2ccc(-c3ccccc3)cc2)CCCCS1(=O)=O. The Balaban J connectivity index is 2.04. The van der Waals surface area contributed by atoms with Crippen LogP contribution in [0.25, 0.3) is 11.1 Å². The Hall–Kier alpha value is -2.14. The van der Waals surface area contributed by atoms with Gasteiger partial charge in [0.1, 0.15) is 4.75 Å². The summed E-state index contributed by atoms with van der Waals surface area (Å²) in [5, 5.41) is 9.29. The molecule has 0 amide bonds.